The van der Waals surface area contributed by atoms with Crippen LogP contribution in [0.1, 0.15) is 50.6 Å². The number of aromatic carboxylic acids is 1. The van der Waals surface area contributed by atoms with Crippen LogP contribution in [0, 0.1) is 11.3 Å². The molecular formula is C27H24N4O5S2. The van der Waals surface area contributed by atoms with E-state index in [1.807, 2.05) is 0 Å². The number of anilines is 2. The summed E-state index contributed by atoms with van der Waals surface area (Å²) in [5, 5.41) is 24.6. The predicted octanol–water partition coefficient (Wildman–Crippen LogP) is 4.59. The number of nitrogens with one attached hydrogen (secondary N) is 2. The number of hydrogen-bond donors (Lipinski definition) is 3. The fraction of sp³-hybridized carbons (Fsp3) is 0.222. The van der Waals surface area contributed by atoms with Gasteiger partial charge in [0.2, 0.25) is 11.8 Å². The van der Waals surface area contributed by atoms with Crippen LogP contribution in [0.2, 0.25) is 0 Å². The molecule has 0 radical (unpaired) electrons. The van der Waals surface area contributed by atoms with Crippen molar-refractivity contribution < 1.29 is 24.3 Å². The van der Waals surface area contributed by atoms with Crippen LogP contribution >= 0.6 is 23.1 Å². The quantitative estimate of drug-likeness (QED) is 0.367. The summed E-state index contributed by atoms with van der Waals surface area (Å²) in [6.45, 7) is 4.23. The topological polar surface area (TPSA) is 140 Å². The summed E-state index contributed by atoms with van der Waals surface area (Å²) in [7, 11) is 0. The zero-order valence-corrected chi connectivity index (χ0v) is 22.2. The molecule has 194 valence electrons. The van der Waals surface area contributed by atoms with Crippen molar-refractivity contribution in [3.8, 4) is 6.07 Å². The van der Waals surface area contributed by atoms with Crippen molar-refractivity contribution in [3.05, 3.63) is 75.7 Å². The highest BCUT2D eigenvalue weighted by Gasteiger charge is 2.27. The van der Waals surface area contributed by atoms with Crippen LogP contribution in [-0.2, 0) is 22.6 Å². The molecule has 11 heteroatoms. The first kappa shape index (κ1) is 26.9. The summed E-state index contributed by atoms with van der Waals surface area (Å²) in [6.07, 6.45) is 0.573. The maximum absolute atomic E-state index is 13.0. The molecule has 1 aromatic heterocycles. The van der Waals surface area contributed by atoms with E-state index in [9.17, 15) is 29.5 Å². The fourth-order valence-electron chi connectivity index (χ4n) is 4.06. The molecule has 1 aliphatic rings. The molecule has 1 aliphatic heterocycles. The van der Waals surface area contributed by atoms with Gasteiger partial charge in [0.1, 0.15) is 11.1 Å². The van der Waals surface area contributed by atoms with E-state index in [-0.39, 0.29) is 22.9 Å². The largest absolute Gasteiger partial charge is 0.478 e. The van der Waals surface area contributed by atoms with Crippen LogP contribution in [0.5, 0.6) is 0 Å². The lowest BCUT2D eigenvalue weighted by molar-refractivity contribution is -0.129. The Bertz CT molecular complexity index is 1480. The van der Waals surface area contributed by atoms with Crippen LogP contribution < -0.4 is 10.6 Å². The first-order chi connectivity index (χ1) is 18.2. The second kappa shape index (κ2) is 11.5. The van der Waals surface area contributed by atoms with E-state index < -0.39 is 17.1 Å². The molecule has 0 spiro atoms. The molecule has 0 saturated carbocycles. The molecular weight excluding hydrogens is 524 g/mol. The van der Waals surface area contributed by atoms with Gasteiger partial charge in [-0.2, -0.15) is 5.26 Å². The number of benzene rings is 2. The number of carbonyl (C=O) groups is 4. The molecule has 3 aromatic rings. The zero-order valence-electron chi connectivity index (χ0n) is 20.6. The molecule has 38 heavy (non-hydrogen) atoms. The minimum Gasteiger partial charge on any atom is -0.478 e. The molecule has 2 aromatic carbocycles. The summed E-state index contributed by atoms with van der Waals surface area (Å²) in [4.78, 5) is 52.2. The Hall–Kier alpha value is -4.14. The minimum atomic E-state index is -1.19. The summed E-state index contributed by atoms with van der Waals surface area (Å²) in [6, 6.07) is 15.1. The number of thioether (sulfide) groups is 1. The molecule has 9 nitrogen and oxygen atoms in total. The Morgan fingerprint density at radius 1 is 1.11 bits per heavy atom. The molecule has 2 heterocycles. The summed E-state index contributed by atoms with van der Waals surface area (Å²) >= 11 is 2.60. The van der Waals surface area contributed by atoms with E-state index in [0.717, 1.165) is 15.3 Å². The third-order valence-electron chi connectivity index (χ3n) is 6.03. The number of carboxylic acids is 1. The van der Waals surface area contributed by atoms with Gasteiger partial charge in [-0.1, -0.05) is 18.2 Å². The number of fused-ring (bicyclic) bond motifs is 1. The highest BCUT2D eigenvalue weighted by molar-refractivity contribution is 8.00. The molecule has 1 atom stereocenters. The minimum absolute atomic E-state index is 0.0253. The van der Waals surface area contributed by atoms with Gasteiger partial charge in [0, 0.05) is 28.9 Å². The van der Waals surface area contributed by atoms with Gasteiger partial charge in [-0.05, 0) is 49.2 Å². The normalized spacial score (nSPS) is 13.1. The summed E-state index contributed by atoms with van der Waals surface area (Å²) in [5.74, 6) is -2.05. The van der Waals surface area contributed by atoms with Gasteiger partial charge < -0.3 is 20.6 Å². The van der Waals surface area contributed by atoms with Gasteiger partial charge in [-0.25, -0.2) is 4.79 Å². The van der Waals surface area contributed by atoms with E-state index in [1.165, 1.54) is 42.2 Å². The Balaban J connectivity index is 1.43. The summed E-state index contributed by atoms with van der Waals surface area (Å²) < 4.78 is 0. The van der Waals surface area contributed by atoms with Crippen LogP contribution in [0.15, 0.2) is 53.4 Å². The number of hydrogen-bond acceptors (Lipinski definition) is 7. The number of nitriles is 1. The number of thiophene rings is 1. The first-order valence-corrected chi connectivity index (χ1v) is 13.4. The average molecular weight is 549 g/mol. The molecule has 0 bridgehead atoms. The smallest absolute Gasteiger partial charge is 0.336 e. The SMILES string of the molecule is CC(=O)N1CCc2c(sc(NC(=O)C(C)Sc3cccc(NC(=O)c4ccccc4C(=O)O)c3)c2C#N)C1. The fourth-order valence-corrected chi connectivity index (χ4v) is 6.21. The van der Waals surface area contributed by atoms with Gasteiger partial charge >= 0.3 is 5.97 Å². The maximum Gasteiger partial charge on any atom is 0.336 e. The Labute approximate surface area is 227 Å². The van der Waals surface area contributed by atoms with Crippen molar-refractivity contribution in [3.63, 3.8) is 0 Å². The van der Waals surface area contributed by atoms with E-state index in [1.54, 1.807) is 48.2 Å². The Morgan fingerprint density at radius 3 is 2.53 bits per heavy atom. The molecule has 0 fully saturated rings. The molecule has 0 saturated heterocycles. The van der Waals surface area contributed by atoms with Gasteiger partial charge in [-0.15, -0.1) is 23.1 Å². The van der Waals surface area contributed by atoms with Crippen molar-refractivity contribution in [1.82, 2.24) is 4.90 Å². The number of carbonyl (C=O) groups excluding carboxylic acids is 3. The lowest BCUT2D eigenvalue weighted by atomic mass is 10.0. The van der Waals surface area contributed by atoms with E-state index in [0.29, 0.717) is 35.8 Å². The standard InChI is InChI=1S/C27H24N4O5S2/c1-15(24(33)30-26-22(13-28)19-10-11-31(16(2)32)14-23(19)38-26)37-18-7-5-6-17(12-18)29-25(34)20-8-3-4-9-21(20)27(35)36/h3-9,12,15H,10-11,14H2,1-2H3,(H,29,34)(H,30,33)(H,35,36). The van der Waals surface area contributed by atoms with Gasteiger partial charge in [0.25, 0.3) is 5.91 Å². The van der Waals surface area contributed by atoms with Gasteiger partial charge in [0.15, 0.2) is 0 Å². The molecule has 1 unspecified atom stereocenters. The van der Waals surface area contributed by atoms with Crippen molar-refractivity contribution in [1.29, 1.82) is 5.26 Å². The summed E-state index contributed by atoms with van der Waals surface area (Å²) in [5.41, 5.74) is 1.75. The highest BCUT2D eigenvalue weighted by Crippen LogP contribution is 2.37. The number of carboxylic acid groups (broad SMARTS) is 1. The first-order valence-electron chi connectivity index (χ1n) is 11.7. The number of rotatable bonds is 7. The second-order valence-electron chi connectivity index (χ2n) is 8.59. The molecule has 0 aliphatic carbocycles. The van der Waals surface area contributed by atoms with Crippen molar-refractivity contribution >= 4 is 57.5 Å². The van der Waals surface area contributed by atoms with Crippen molar-refractivity contribution in [2.24, 2.45) is 0 Å². The molecule has 3 N–H and O–H groups in total. The molecule has 3 amide bonds. The van der Waals surface area contributed by atoms with Crippen LogP contribution in [0.25, 0.3) is 0 Å². The van der Waals surface area contributed by atoms with E-state index >= 15 is 0 Å². The Morgan fingerprint density at radius 2 is 1.84 bits per heavy atom. The number of amides is 3. The van der Waals surface area contributed by atoms with Crippen LogP contribution in [0.4, 0.5) is 10.7 Å². The average Bonchev–Trinajstić information content (AvgIpc) is 3.24. The Kier molecular flexibility index (Phi) is 8.14. The molecule has 4 rings (SSSR count). The second-order valence-corrected chi connectivity index (χ2v) is 11.1. The lowest BCUT2D eigenvalue weighted by Gasteiger charge is -2.25. The lowest BCUT2D eigenvalue weighted by Crippen LogP contribution is -2.33. The van der Waals surface area contributed by atoms with Crippen molar-refractivity contribution in [2.75, 3.05) is 17.2 Å². The highest BCUT2D eigenvalue weighted by atomic mass is 32.2. The third-order valence-corrected chi connectivity index (χ3v) is 8.25. The van der Waals surface area contributed by atoms with Crippen LogP contribution in [0.3, 0.4) is 0 Å². The van der Waals surface area contributed by atoms with Gasteiger partial charge in [-0.3, -0.25) is 14.4 Å². The third kappa shape index (κ3) is 5.88. The maximum atomic E-state index is 13.0. The van der Waals surface area contributed by atoms with Crippen molar-refractivity contribution in [2.45, 2.75) is 37.0 Å². The van der Waals surface area contributed by atoms with E-state index in [4.69, 9.17) is 0 Å². The van der Waals surface area contributed by atoms with Gasteiger partial charge in [0.05, 0.1) is 28.5 Å². The van der Waals surface area contributed by atoms with Crippen LogP contribution in [-0.4, -0.2) is 45.5 Å². The monoisotopic (exact) mass is 548 g/mol. The van der Waals surface area contributed by atoms with E-state index in [2.05, 4.69) is 16.7 Å². The predicted molar refractivity (Wildman–Crippen MR) is 146 cm³/mol. The number of nitrogens with zero attached hydrogens (tertiary/aromatic N) is 2. The zero-order chi connectivity index (χ0) is 27.4.